The second kappa shape index (κ2) is 8.35. The normalized spacial score (nSPS) is 14.9. The summed E-state index contributed by atoms with van der Waals surface area (Å²) in [6.07, 6.45) is 14.4. The van der Waals surface area contributed by atoms with Crippen molar-refractivity contribution >= 4 is 0 Å². The van der Waals surface area contributed by atoms with Crippen molar-refractivity contribution in [1.29, 1.82) is 0 Å². The van der Waals surface area contributed by atoms with Crippen LogP contribution in [0.25, 0.3) is 0 Å². The van der Waals surface area contributed by atoms with Gasteiger partial charge in [0.25, 0.3) is 0 Å². The summed E-state index contributed by atoms with van der Waals surface area (Å²) in [6.45, 7) is 6.58. The lowest BCUT2D eigenvalue weighted by Crippen LogP contribution is -2.30. The molecule has 2 heterocycles. The van der Waals surface area contributed by atoms with E-state index in [4.69, 9.17) is 0 Å². The third-order valence-electron chi connectivity index (χ3n) is 4.36. The molecule has 0 aliphatic carbocycles. The number of nitrogens with zero attached hydrogens (tertiary/aromatic N) is 3. The maximum Gasteiger partial charge on any atom is 0.0772 e. The molecule has 0 fully saturated rings. The average Bonchev–Trinajstić information content (AvgIpc) is 2.89. The Morgan fingerprint density at radius 3 is 1.85 bits per heavy atom. The van der Waals surface area contributed by atoms with E-state index in [1.54, 1.807) is 0 Å². The molecule has 0 bridgehead atoms. The van der Waals surface area contributed by atoms with Crippen LogP contribution >= 0.6 is 0 Å². The van der Waals surface area contributed by atoms with E-state index in [1.165, 1.54) is 62.8 Å². The van der Waals surface area contributed by atoms with Gasteiger partial charge in [0.2, 0.25) is 0 Å². The van der Waals surface area contributed by atoms with Gasteiger partial charge in [-0.2, -0.15) is 0 Å². The van der Waals surface area contributed by atoms with E-state index in [9.17, 15) is 0 Å². The van der Waals surface area contributed by atoms with Gasteiger partial charge >= 0.3 is 0 Å². The molecule has 0 amide bonds. The van der Waals surface area contributed by atoms with Crippen molar-refractivity contribution in [3.63, 3.8) is 0 Å². The van der Waals surface area contributed by atoms with Gasteiger partial charge in [-0.05, 0) is 12.8 Å². The Kier molecular flexibility index (Phi) is 6.44. The van der Waals surface area contributed by atoms with E-state index in [0.29, 0.717) is 0 Å². The molecule has 0 saturated carbocycles. The lowest BCUT2D eigenvalue weighted by atomic mass is 10.0. The van der Waals surface area contributed by atoms with Crippen LogP contribution in [0.2, 0.25) is 0 Å². The van der Waals surface area contributed by atoms with E-state index in [-0.39, 0.29) is 0 Å². The Balaban J connectivity index is 1.89. The summed E-state index contributed by atoms with van der Waals surface area (Å²) in [6, 6.07) is 0.726. The topological polar surface area (TPSA) is 29.0 Å². The predicted octanol–water partition coefficient (Wildman–Crippen LogP) is 4.32. The Hall–Kier alpha value is -0.960. The first-order valence-electron chi connectivity index (χ1n) is 8.38. The highest BCUT2D eigenvalue weighted by Gasteiger charge is 2.26. The third kappa shape index (κ3) is 4.27. The van der Waals surface area contributed by atoms with Crippen molar-refractivity contribution in [3.05, 3.63) is 23.8 Å². The molecular formula is C17H29N3. The van der Waals surface area contributed by atoms with Gasteiger partial charge in [-0.3, -0.25) is 14.9 Å². The number of hydrogen-bond donors (Lipinski definition) is 0. The first-order chi connectivity index (χ1) is 9.85. The zero-order chi connectivity index (χ0) is 14.2. The van der Waals surface area contributed by atoms with Crippen molar-refractivity contribution in [1.82, 2.24) is 14.9 Å². The van der Waals surface area contributed by atoms with Gasteiger partial charge in [0, 0.05) is 31.5 Å². The van der Waals surface area contributed by atoms with Crippen molar-refractivity contribution in [2.75, 3.05) is 0 Å². The lowest BCUT2D eigenvalue weighted by Gasteiger charge is -2.27. The van der Waals surface area contributed by atoms with E-state index in [0.717, 1.165) is 19.1 Å². The van der Waals surface area contributed by atoms with E-state index in [1.807, 2.05) is 12.4 Å². The smallest absolute Gasteiger partial charge is 0.0772 e. The first-order valence-corrected chi connectivity index (χ1v) is 8.38. The van der Waals surface area contributed by atoms with Gasteiger partial charge in [0.05, 0.1) is 11.4 Å². The van der Waals surface area contributed by atoms with Gasteiger partial charge in [-0.1, -0.05) is 52.4 Å². The van der Waals surface area contributed by atoms with Gasteiger partial charge in [-0.15, -0.1) is 0 Å². The highest BCUT2D eigenvalue weighted by atomic mass is 15.2. The zero-order valence-corrected chi connectivity index (χ0v) is 13.1. The summed E-state index contributed by atoms with van der Waals surface area (Å²) in [5, 5.41) is 0. The first kappa shape index (κ1) is 15.4. The number of rotatable bonds is 9. The molecule has 0 unspecified atom stereocenters. The number of fused-ring (bicyclic) bond motifs is 1. The zero-order valence-electron chi connectivity index (χ0n) is 13.1. The van der Waals surface area contributed by atoms with Crippen molar-refractivity contribution < 1.29 is 0 Å². The third-order valence-corrected chi connectivity index (χ3v) is 4.36. The minimum atomic E-state index is 0.726. The molecule has 0 N–H and O–H groups in total. The molecule has 1 aliphatic rings. The minimum absolute atomic E-state index is 0.726. The molecule has 0 aromatic carbocycles. The van der Waals surface area contributed by atoms with Crippen LogP contribution in [-0.4, -0.2) is 20.9 Å². The molecule has 1 aromatic heterocycles. The Morgan fingerprint density at radius 2 is 1.40 bits per heavy atom. The molecule has 20 heavy (non-hydrogen) atoms. The fraction of sp³-hybridized carbons (Fsp3) is 0.765. The van der Waals surface area contributed by atoms with E-state index >= 15 is 0 Å². The second-order valence-electron chi connectivity index (χ2n) is 6.00. The average molecular weight is 275 g/mol. The van der Waals surface area contributed by atoms with E-state index < -0.39 is 0 Å². The monoisotopic (exact) mass is 275 g/mol. The molecule has 3 nitrogen and oxygen atoms in total. The number of hydrogen-bond acceptors (Lipinski definition) is 3. The molecule has 112 valence electrons. The summed E-state index contributed by atoms with van der Waals surface area (Å²) in [7, 11) is 0. The molecule has 1 aliphatic heterocycles. The fourth-order valence-electron chi connectivity index (χ4n) is 3.13. The molecule has 0 atom stereocenters. The van der Waals surface area contributed by atoms with Crippen LogP contribution in [0.4, 0.5) is 0 Å². The van der Waals surface area contributed by atoms with E-state index in [2.05, 4.69) is 28.7 Å². The summed E-state index contributed by atoms with van der Waals surface area (Å²) in [5.41, 5.74) is 2.40. The summed E-state index contributed by atoms with van der Waals surface area (Å²) in [5.74, 6) is 0. The second-order valence-corrected chi connectivity index (χ2v) is 6.00. The van der Waals surface area contributed by atoms with Gasteiger partial charge in [0.15, 0.2) is 0 Å². The molecule has 3 heteroatoms. The lowest BCUT2D eigenvalue weighted by molar-refractivity contribution is 0.170. The van der Waals surface area contributed by atoms with Crippen LogP contribution in [0.1, 0.15) is 76.6 Å². The van der Waals surface area contributed by atoms with Crippen molar-refractivity contribution in [2.45, 2.75) is 84.3 Å². The van der Waals surface area contributed by atoms with Crippen molar-refractivity contribution in [3.8, 4) is 0 Å². The maximum absolute atomic E-state index is 4.48. The predicted molar refractivity (Wildman–Crippen MR) is 83.4 cm³/mol. The standard InChI is InChI=1S/C17H29N3/c1-3-5-7-9-15(10-8-6-4-2)20-13-16-17(14-20)19-12-11-18-16/h11-12,15H,3-10,13-14H2,1-2H3. The summed E-state index contributed by atoms with van der Waals surface area (Å²) < 4.78 is 0. The number of unbranched alkanes of at least 4 members (excludes halogenated alkanes) is 4. The molecule has 0 saturated heterocycles. The van der Waals surface area contributed by atoms with Crippen LogP contribution < -0.4 is 0 Å². The summed E-state index contributed by atoms with van der Waals surface area (Å²) >= 11 is 0. The SMILES string of the molecule is CCCCCC(CCCCC)N1Cc2nccnc2C1. The molecular weight excluding hydrogens is 246 g/mol. The minimum Gasteiger partial charge on any atom is -0.289 e. The fourth-order valence-corrected chi connectivity index (χ4v) is 3.13. The number of aromatic nitrogens is 2. The molecule has 0 spiro atoms. The Labute approximate surface area is 123 Å². The quantitative estimate of drug-likeness (QED) is 0.628. The Bertz CT molecular complexity index is 357. The molecule has 1 aromatic rings. The van der Waals surface area contributed by atoms with Crippen LogP contribution in [0.5, 0.6) is 0 Å². The largest absolute Gasteiger partial charge is 0.289 e. The van der Waals surface area contributed by atoms with Gasteiger partial charge in [0.1, 0.15) is 0 Å². The van der Waals surface area contributed by atoms with Crippen molar-refractivity contribution in [2.24, 2.45) is 0 Å². The van der Waals surface area contributed by atoms with Gasteiger partial charge < -0.3 is 0 Å². The molecule has 2 rings (SSSR count). The Morgan fingerprint density at radius 1 is 0.900 bits per heavy atom. The maximum atomic E-state index is 4.48. The highest BCUT2D eigenvalue weighted by Crippen LogP contribution is 2.26. The van der Waals surface area contributed by atoms with Crippen LogP contribution in [0.3, 0.4) is 0 Å². The summed E-state index contributed by atoms with van der Waals surface area (Å²) in [4.78, 5) is 11.6. The molecule has 0 radical (unpaired) electrons. The highest BCUT2D eigenvalue weighted by molar-refractivity contribution is 5.15. The van der Waals surface area contributed by atoms with Crippen LogP contribution in [0, 0.1) is 0 Å². The van der Waals surface area contributed by atoms with Gasteiger partial charge in [-0.25, -0.2) is 0 Å². The van der Waals surface area contributed by atoms with Crippen LogP contribution in [-0.2, 0) is 13.1 Å². The van der Waals surface area contributed by atoms with Crippen LogP contribution in [0.15, 0.2) is 12.4 Å².